The van der Waals surface area contributed by atoms with Crippen LogP contribution in [0, 0.1) is 0 Å². The first-order valence-corrected chi connectivity index (χ1v) is 17.5. The van der Waals surface area contributed by atoms with E-state index in [-0.39, 0.29) is 31.2 Å². The van der Waals surface area contributed by atoms with Crippen LogP contribution >= 0.6 is 0 Å². The van der Waals surface area contributed by atoms with E-state index >= 15 is 0 Å². The zero-order valence-corrected chi connectivity index (χ0v) is 28.4. The molecule has 11 heteroatoms. The van der Waals surface area contributed by atoms with E-state index < -0.39 is 11.7 Å². The van der Waals surface area contributed by atoms with Crippen molar-refractivity contribution < 1.29 is 24.2 Å². The number of fused-ring (bicyclic) bond motifs is 1. The Morgan fingerprint density at radius 3 is 2.50 bits per heavy atom. The highest BCUT2D eigenvalue weighted by Crippen LogP contribution is 2.41. The minimum absolute atomic E-state index is 0.178. The number of ether oxygens (including phenoxy) is 2. The van der Waals surface area contributed by atoms with Crippen molar-refractivity contribution in [1.29, 1.82) is 0 Å². The molecule has 3 aromatic carbocycles. The lowest BCUT2D eigenvalue weighted by molar-refractivity contribution is -0.0893. The van der Waals surface area contributed by atoms with Gasteiger partial charge in [0.25, 0.3) is 5.91 Å². The van der Waals surface area contributed by atoms with Crippen molar-refractivity contribution in [3.05, 3.63) is 109 Å². The Balaban J connectivity index is 1.18. The lowest BCUT2D eigenvalue weighted by Gasteiger charge is -2.41. The van der Waals surface area contributed by atoms with E-state index in [0.717, 1.165) is 41.3 Å². The van der Waals surface area contributed by atoms with Gasteiger partial charge in [-0.2, -0.15) is 5.10 Å². The lowest BCUT2D eigenvalue weighted by atomic mass is 9.80. The zero-order valence-electron chi connectivity index (χ0n) is 28.4. The molecule has 260 valence electrons. The summed E-state index contributed by atoms with van der Waals surface area (Å²) in [6.07, 6.45) is 7.09. The van der Waals surface area contributed by atoms with Gasteiger partial charge >= 0.3 is 6.09 Å². The third-order valence-corrected chi connectivity index (χ3v) is 10.1. The molecule has 0 spiro atoms. The number of hydrogen-bond donors (Lipinski definition) is 1. The number of rotatable bonds is 10. The first kappa shape index (κ1) is 33.5. The molecule has 2 aliphatic rings. The Bertz CT molecular complexity index is 1870. The molecule has 1 saturated heterocycles. The molecule has 1 N–H and O–H groups in total. The van der Waals surface area contributed by atoms with Crippen LogP contribution in [0.1, 0.15) is 54.2 Å². The number of carbonyl (C=O) groups is 2. The van der Waals surface area contributed by atoms with Crippen LogP contribution in [0.25, 0.3) is 22.2 Å². The number of imidazole rings is 1. The van der Waals surface area contributed by atoms with E-state index in [2.05, 4.69) is 0 Å². The smallest absolute Gasteiger partial charge is 0.410 e. The van der Waals surface area contributed by atoms with Gasteiger partial charge in [0.15, 0.2) is 5.69 Å². The molecule has 3 heterocycles. The maximum Gasteiger partial charge on any atom is 0.410 e. The predicted octanol–water partition coefficient (Wildman–Crippen LogP) is 5.95. The molecular formula is C39H44N6O5. The van der Waals surface area contributed by atoms with Crippen LogP contribution in [0.3, 0.4) is 0 Å². The monoisotopic (exact) mass is 676 g/mol. The number of aromatic nitrogens is 4. The molecule has 0 unspecified atom stereocenters. The SMILES string of the molecule is COC[C@]1(O)CCCC[C@H]1n1cnc(C(=O)N2CCN(C(=O)OCc3ccccc3)C[C@H]2CCn2cc3ccccc3n2)c1-c1ccccc1. The van der Waals surface area contributed by atoms with E-state index in [1.807, 2.05) is 105 Å². The molecule has 1 aliphatic heterocycles. The molecule has 5 aromatic rings. The molecule has 2 amide bonds. The lowest BCUT2D eigenvalue weighted by Crippen LogP contribution is -2.57. The highest BCUT2D eigenvalue weighted by atomic mass is 16.6. The third kappa shape index (κ3) is 7.01. The van der Waals surface area contributed by atoms with Crippen molar-refractivity contribution >= 4 is 22.9 Å². The van der Waals surface area contributed by atoms with Gasteiger partial charge in [0.05, 0.1) is 36.2 Å². The van der Waals surface area contributed by atoms with Crippen LogP contribution in [0.2, 0.25) is 0 Å². The number of nitrogens with zero attached hydrogens (tertiary/aromatic N) is 6. The highest BCUT2D eigenvalue weighted by molar-refractivity contribution is 5.98. The van der Waals surface area contributed by atoms with E-state index in [9.17, 15) is 14.7 Å². The Morgan fingerprint density at radius 2 is 1.72 bits per heavy atom. The number of carbonyl (C=O) groups excluding carboxylic acids is 2. The van der Waals surface area contributed by atoms with Gasteiger partial charge in [0.1, 0.15) is 12.2 Å². The summed E-state index contributed by atoms with van der Waals surface area (Å²) in [6.45, 7) is 1.90. The molecule has 2 aromatic heterocycles. The fourth-order valence-corrected chi connectivity index (χ4v) is 7.55. The number of aliphatic hydroxyl groups is 1. The minimum Gasteiger partial charge on any atom is -0.445 e. The zero-order chi connectivity index (χ0) is 34.5. The number of methoxy groups -OCH3 is 1. The Morgan fingerprint density at radius 1 is 0.960 bits per heavy atom. The number of benzene rings is 3. The van der Waals surface area contributed by atoms with E-state index in [1.165, 1.54) is 0 Å². The summed E-state index contributed by atoms with van der Waals surface area (Å²) in [7, 11) is 1.60. The molecule has 11 nitrogen and oxygen atoms in total. The van der Waals surface area contributed by atoms with E-state index in [4.69, 9.17) is 19.6 Å². The Kier molecular flexibility index (Phi) is 9.95. The Labute approximate surface area is 292 Å². The molecule has 3 atom stereocenters. The fraction of sp³-hybridized carbons (Fsp3) is 0.385. The largest absolute Gasteiger partial charge is 0.445 e. The molecular weight excluding hydrogens is 632 g/mol. The van der Waals surface area contributed by atoms with Crippen LogP contribution < -0.4 is 0 Å². The molecule has 2 fully saturated rings. The molecule has 1 aliphatic carbocycles. The van der Waals surface area contributed by atoms with Gasteiger partial charge in [-0.05, 0) is 30.9 Å². The van der Waals surface area contributed by atoms with Crippen LogP contribution in [-0.4, -0.2) is 91.2 Å². The maximum absolute atomic E-state index is 14.7. The van der Waals surface area contributed by atoms with Crippen molar-refractivity contribution in [2.75, 3.05) is 33.4 Å². The maximum atomic E-state index is 14.7. The number of hydrogen-bond acceptors (Lipinski definition) is 7. The van der Waals surface area contributed by atoms with Gasteiger partial charge in [-0.1, -0.05) is 91.7 Å². The third-order valence-electron chi connectivity index (χ3n) is 10.1. The van der Waals surface area contributed by atoms with Crippen molar-refractivity contribution in [3.63, 3.8) is 0 Å². The second kappa shape index (κ2) is 14.9. The van der Waals surface area contributed by atoms with Gasteiger partial charge < -0.3 is 28.9 Å². The summed E-state index contributed by atoms with van der Waals surface area (Å²) in [4.78, 5) is 36.4. The summed E-state index contributed by atoms with van der Waals surface area (Å²) in [5.74, 6) is -0.207. The summed E-state index contributed by atoms with van der Waals surface area (Å²) >= 11 is 0. The van der Waals surface area contributed by atoms with Gasteiger partial charge in [-0.25, -0.2) is 9.78 Å². The second-order valence-corrected chi connectivity index (χ2v) is 13.4. The van der Waals surface area contributed by atoms with Crippen molar-refractivity contribution in [2.45, 2.75) is 62.9 Å². The normalized spacial score (nSPS) is 21.0. The number of aryl methyl sites for hydroxylation is 1. The van der Waals surface area contributed by atoms with E-state index in [1.54, 1.807) is 18.3 Å². The van der Waals surface area contributed by atoms with Crippen LogP contribution in [-0.2, 0) is 22.6 Å². The van der Waals surface area contributed by atoms with Crippen molar-refractivity contribution in [3.8, 4) is 11.3 Å². The van der Waals surface area contributed by atoms with Gasteiger partial charge in [0, 0.05) is 50.4 Å². The molecule has 1 saturated carbocycles. The highest BCUT2D eigenvalue weighted by Gasteiger charge is 2.43. The summed E-state index contributed by atoms with van der Waals surface area (Å²) < 4.78 is 15.1. The average Bonchev–Trinajstić information content (AvgIpc) is 3.78. The van der Waals surface area contributed by atoms with Gasteiger partial charge in [-0.15, -0.1) is 0 Å². The standard InChI is InChI=1S/C39H44N6O5/c1-49-27-39(48)20-11-10-18-34(39)45-28-40-35(36(45)30-14-6-3-7-15-30)37(46)44-23-22-42(38(47)50-26-29-12-4-2-5-13-29)25-32(44)19-21-43-24-31-16-8-9-17-33(31)41-43/h2-9,12-17,24,28,32,34,48H,10-11,18-23,25-27H2,1H3/t32-,34-,39-/m1/s1. The van der Waals surface area contributed by atoms with Crippen molar-refractivity contribution in [2.24, 2.45) is 0 Å². The summed E-state index contributed by atoms with van der Waals surface area (Å²) in [5.41, 5.74) is 2.59. The van der Waals surface area contributed by atoms with Gasteiger partial charge in [-0.3, -0.25) is 9.48 Å². The molecule has 0 bridgehead atoms. The number of piperazine rings is 1. The summed E-state index contributed by atoms with van der Waals surface area (Å²) in [6, 6.07) is 26.7. The quantitative estimate of drug-likeness (QED) is 0.195. The van der Waals surface area contributed by atoms with Crippen LogP contribution in [0.4, 0.5) is 4.79 Å². The molecule has 0 radical (unpaired) electrons. The topological polar surface area (TPSA) is 115 Å². The molecule has 7 rings (SSSR count). The fourth-order valence-electron chi connectivity index (χ4n) is 7.55. The van der Waals surface area contributed by atoms with E-state index in [0.29, 0.717) is 50.4 Å². The Hall–Kier alpha value is -5.00. The van der Waals surface area contributed by atoms with Gasteiger partial charge in [0.2, 0.25) is 0 Å². The van der Waals surface area contributed by atoms with Crippen molar-refractivity contribution in [1.82, 2.24) is 29.1 Å². The predicted molar refractivity (Wildman–Crippen MR) is 189 cm³/mol. The second-order valence-electron chi connectivity index (χ2n) is 13.4. The first-order valence-electron chi connectivity index (χ1n) is 17.5. The average molecular weight is 677 g/mol. The summed E-state index contributed by atoms with van der Waals surface area (Å²) in [5, 5.41) is 17.6. The molecule has 50 heavy (non-hydrogen) atoms. The number of amides is 2. The first-order chi connectivity index (χ1) is 24.4. The van der Waals surface area contributed by atoms with Crippen LogP contribution in [0.15, 0.2) is 97.5 Å². The van der Waals surface area contributed by atoms with Crippen LogP contribution in [0.5, 0.6) is 0 Å². The minimum atomic E-state index is -1.08.